The summed E-state index contributed by atoms with van der Waals surface area (Å²) in [5.41, 5.74) is 2.03. The number of nitrogens with zero attached hydrogens (tertiary/aromatic N) is 3. The Morgan fingerprint density at radius 3 is 2.59 bits per heavy atom. The molecule has 1 fully saturated rings. The first kappa shape index (κ1) is 28.3. The molecule has 0 bridgehead atoms. The molecule has 0 N–H and O–H groups in total. The zero-order valence-electron chi connectivity index (χ0n) is 23.1. The van der Waals surface area contributed by atoms with E-state index >= 15 is 0 Å². The number of hydrogen-bond acceptors (Lipinski definition) is 9. The van der Waals surface area contributed by atoms with Crippen LogP contribution in [-0.4, -0.2) is 68.0 Å². The van der Waals surface area contributed by atoms with E-state index in [1.807, 2.05) is 30.3 Å². The summed E-state index contributed by atoms with van der Waals surface area (Å²) < 4.78 is 23.7. The predicted octanol–water partition coefficient (Wildman–Crippen LogP) is 2.04. The second kappa shape index (κ2) is 12.5. The maximum atomic E-state index is 13.8. The summed E-state index contributed by atoms with van der Waals surface area (Å²) in [6.07, 6.45) is 1.78. The summed E-state index contributed by atoms with van der Waals surface area (Å²) in [6, 6.07) is 13.7. The van der Waals surface area contributed by atoms with Crippen molar-refractivity contribution in [2.75, 3.05) is 46.6 Å². The van der Waals surface area contributed by atoms with E-state index in [0.29, 0.717) is 64.0 Å². The maximum absolute atomic E-state index is 13.8. The van der Waals surface area contributed by atoms with E-state index in [4.69, 9.17) is 18.9 Å². The Balaban J connectivity index is 1.45. The van der Waals surface area contributed by atoms with Crippen LogP contribution in [0, 0.1) is 0 Å². The molecule has 0 unspecified atom stereocenters. The molecule has 2 aromatic carbocycles. The standard InChI is InChI=1S/C30H31N3O7S/c1-4-39-29(36)26-19(2)31-30-33(27(26)21-6-5-7-23(17-21)37-3)28(35)24(41-30)16-20-8-10-22(11-9-20)40-18-25(34)32-12-14-38-15-13-32/h5-11,16-17,27H,4,12-15,18H2,1-3H3/b24-16+/t27-/m1/s1. The summed E-state index contributed by atoms with van der Waals surface area (Å²) in [5.74, 6) is 0.564. The molecule has 1 atom stereocenters. The van der Waals surface area contributed by atoms with Gasteiger partial charge in [0.1, 0.15) is 11.5 Å². The molecule has 2 aliphatic heterocycles. The lowest BCUT2D eigenvalue weighted by Gasteiger charge is -2.26. The molecule has 1 amide bonds. The zero-order chi connectivity index (χ0) is 28.9. The van der Waals surface area contributed by atoms with E-state index in [0.717, 1.165) is 5.56 Å². The summed E-state index contributed by atoms with van der Waals surface area (Å²) in [6.45, 7) is 5.85. The highest BCUT2D eigenvalue weighted by Crippen LogP contribution is 2.32. The Kier molecular flexibility index (Phi) is 8.65. The molecular weight excluding hydrogens is 546 g/mol. The third kappa shape index (κ3) is 6.10. The highest BCUT2D eigenvalue weighted by Gasteiger charge is 2.33. The molecule has 0 radical (unpaired) electrons. The van der Waals surface area contributed by atoms with Gasteiger partial charge in [-0.25, -0.2) is 9.79 Å². The second-order valence-corrected chi connectivity index (χ2v) is 10.4. The van der Waals surface area contributed by atoms with Crippen molar-refractivity contribution in [3.8, 4) is 11.5 Å². The average Bonchev–Trinajstić information content (AvgIpc) is 3.30. The lowest BCUT2D eigenvalue weighted by molar-refractivity contribution is -0.139. The number of carbonyl (C=O) groups is 2. The first-order valence-electron chi connectivity index (χ1n) is 13.3. The lowest BCUT2D eigenvalue weighted by atomic mass is 9.95. The molecule has 2 aliphatic rings. The van der Waals surface area contributed by atoms with E-state index in [9.17, 15) is 14.4 Å². The number of methoxy groups -OCH3 is 1. The molecular formula is C30H31N3O7S. The van der Waals surface area contributed by atoms with Crippen molar-refractivity contribution in [1.82, 2.24) is 9.47 Å². The van der Waals surface area contributed by atoms with Crippen LogP contribution in [0.4, 0.5) is 0 Å². The molecule has 214 valence electrons. The van der Waals surface area contributed by atoms with Crippen molar-refractivity contribution in [3.63, 3.8) is 0 Å². The lowest BCUT2D eigenvalue weighted by Crippen LogP contribution is -2.42. The van der Waals surface area contributed by atoms with Gasteiger partial charge in [-0.05, 0) is 55.3 Å². The van der Waals surface area contributed by atoms with E-state index in [1.165, 1.54) is 11.3 Å². The number of carbonyl (C=O) groups excluding carboxylic acids is 2. The average molecular weight is 578 g/mol. The fourth-order valence-corrected chi connectivity index (χ4v) is 5.83. The number of morpholine rings is 1. The van der Waals surface area contributed by atoms with Crippen molar-refractivity contribution in [2.24, 2.45) is 4.99 Å². The maximum Gasteiger partial charge on any atom is 0.338 e. The fraction of sp³-hybridized carbons (Fsp3) is 0.333. The number of allylic oxidation sites excluding steroid dienone is 1. The minimum absolute atomic E-state index is 0.0512. The van der Waals surface area contributed by atoms with E-state index in [-0.39, 0.29) is 24.7 Å². The number of ether oxygens (including phenoxy) is 4. The van der Waals surface area contributed by atoms with Crippen molar-refractivity contribution < 1.29 is 28.5 Å². The predicted molar refractivity (Wildman–Crippen MR) is 153 cm³/mol. The van der Waals surface area contributed by atoms with Crippen LogP contribution in [0.2, 0.25) is 0 Å². The number of benzene rings is 2. The summed E-state index contributed by atoms with van der Waals surface area (Å²) in [7, 11) is 1.57. The highest BCUT2D eigenvalue weighted by atomic mass is 32.1. The summed E-state index contributed by atoms with van der Waals surface area (Å²) in [5, 5.41) is 0. The smallest absolute Gasteiger partial charge is 0.338 e. The van der Waals surface area contributed by atoms with E-state index in [2.05, 4.69) is 4.99 Å². The first-order valence-corrected chi connectivity index (χ1v) is 14.1. The van der Waals surface area contributed by atoms with Gasteiger partial charge in [0.25, 0.3) is 11.5 Å². The Morgan fingerprint density at radius 1 is 1.12 bits per heavy atom. The van der Waals surface area contributed by atoms with Crippen LogP contribution in [-0.2, 0) is 19.1 Å². The number of esters is 1. The van der Waals surface area contributed by atoms with Crippen molar-refractivity contribution in [3.05, 3.63) is 90.6 Å². The molecule has 0 saturated carbocycles. The largest absolute Gasteiger partial charge is 0.497 e. The normalized spacial score (nSPS) is 17.1. The van der Waals surface area contributed by atoms with Gasteiger partial charge in [0.15, 0.2) is 11.4 Å². The van der Waals surface area contributed by atoms with Crippen LogP contribution in [0.5, 0.6) is 11.5 Å². The van der Waals surface area contributed by atoms with Crippen LogP contribution < -0.4 is 24.4 Å². The minimum Gasteiger partial charge on any atom is -0.497 e. The van der Waals surface area contributed by atoms with Gasteiger partial charge >= 0.3 is 5.97 Å². The molecule has 1 saturated heterocycles. The quantitative estimate of drug-likeness (QED) is 0.377. The number of fused-ring (bicyclic) bond motifs is 1. The Labute approximate surface area is 240 Å². The number of thiazole rings is 1. The SMILES string of the molecule is CCOC(=O)C1=C(C)N=c2s/c(=C/c3ccc(OCC(=O)N4CCOCC4)cc3)c(=O)n2[C@@H]1c1cccc(OC)c1. The first-order chi connectivity index (χ1) is 19.9. The number of hydrogen-bond donors (Lipinski definition) is 0. The minimum atomic E-state index is -0.720. The molecule has 5 rings (SSSR count). The summed E-state index contributed by atoms with van der Waals surface area (Å²) in [4.78, 5) is 46.0. The molecule has 11 heteroatoms. The molecule has 0 spiro atoms. The third-order valence-corrected chi connectivity index (χ3v) is 7.81. The number of amides is 1. The Morgan fingerprint density at radius 2 is 1.88 bits per heavy atom. The van der Waals surface area contributed by atoms with E-state index < -0.39 is 12.0 Å². The molecule has 0 aliphatic carbocycles. The van der Waals surface area contributed by atoms with Gasteiger partial charge in [-0.3, -0.25) is 14.2 Å². The topological polar surface area (TPSA) is 109 Å². The van der Waals surface area contributed by atoms with Crippen LogP contribution in [0.1, 0.15) is 31.0 Å². The van der Waals surface area contributed by atoms with Gasteiger partial charge in [-0.15, -0.1) is 0 Å². The molecule has 10 nitrogen and oxygen atoms in total. The third-order valence-electron chi connectivity index (χ3n) is 6.83. The zero-order valence-corrected chi connectivity index (χ0v) is 23.9. The Hall–Kier alpha value is -4.22. The van der Waals surface area contributed by atoms with Crippen molar-refractivity contribution >= 4 is 29.3 Å². The van der Waals surface area contributed by atoms with Gasteiger partial charge in [-0.1, -0.05) is 35.6 Å². The van der Waals surface area contributed by atoms with Crippen LogP contribution >= 0.6 is 11.3 Å². The highest BCUT2D eigenvalue weighted by molar-refractivity contribution is 7.07. The molecule has 41 heavy (non-hydrogen) atoms. The van der Waals surface area contributed by atoms with Crippen molar-refractivity contribution in [1.29, 1.82) is 0 Å². The van der Waals surface area contributed by atoms with E-state index in [1.54, 1.807) is 54.7 Å². The summed E-state index contributed by atoms with van der Waals surface area (Å²) >= 11 is 1.25. The molecule has 3 heterocycles. The van der Waals surface area contributed by atoms with Gasteiger partial charge in [-0.2, -0.15) is 0 Å². The van der Waals surface area contributed by atoms with Crippen LogP contribution in [0.25, 0.3) is 6.08 Å². The van der Waals surface area contributed by atoms with Gasteiger partial charge in [0, 0.05) is 13.1 Å². The monoisotopic (exact) mass is 577 g/mol. The molecule has 3 aromatic rings. The van der Waals surface area contributed by atoms with Crippen LogP contribution in [0.15, 0.2) is 69.6 Å². The number of aromatic nitrogens is 1. The van der Waals surface area contributed by atoms with Gasteiger partial charge < -0.3 is 23.8 Å². The van der Waals surface area contributed by atoms with Crippen LogP contribution in [0.3, 0.4) is 0 Å². The van der Waals surface area contributed by atoms with Crippen molar-refractivity contribution in [2.45, 2.75) is 19.9 Å². The van der Waals surface area contributed by atoms with Gasteiger partial charge in [0.05, 0.1) is 48.8 Å². The fourth-order valence-electron chi connectivity index (χ4n) is 4.78. The van der Waals surface area contributed by atoms with Gasteiger partial charge in [0.2, 0.25) is 0 Å². The number of rotatable bonds is 8. The second-order valence-electron chi connectivity index (χ2n) is 9.43. The molecule has 1 aromatic heterocycles. The Bertz CT molecular complexity index is 1650.